The molecule has 2 fully saturated rings. The van der Waals surface area contributed by atoms with E-state index in [1.165, 1.54) is 39.7 Å². The molecule has 3 heterocycles. The molecule has 0 bridgehead atoms. The van der Waals surface area contributed by atoms with Crippen molar-refractivity contribution in [2.45, 2.75) is 37.8 Å². The number of ether oxygens (including phenoxy) is 3. The molecular weight excluding hydrogens is 403 g/mol. The molecule has 4 rings (SSSR count). The van der Waals surface area contributed by atoms with E-state index < -0.39 is 17.3 Å². The van der Waals surface area contributed by atoms with Gasteiger partial charge in [-0.2, -0.15) is 0 Å². The molecule has 3 unspecified atom stereocenters. The van der Waals surface area contributed by atoms with Crippen LogP contribution in [-0.2, 0) is 14.3 Å². The monoisotopic (exact) mass is 432 g/mol. The number of fused-ring (bicyclic) bond motifs is 3. The van der Waals surface area contributed by atoms with Gasteiger partial charge in [-0.3, -0.25) is 9.69 Å². The number of benzene rings is 1. The molecule has 4 atom stereocenters. The average Bonchev–Trinajstić information content (AvgIpc) is 3.27. The Hall–Kier alpha value is -2.61. The number of hydrogen-bond acceptors (Lipinski definition) is 7. The molecule has 1 aromatic rings. The van der Waals surface area contributed by atoms with Crippen molar-refractivity contribution in [1.82, 2.24) is 4.90 Å². The van der Waals surface area contributed by atoms with Gasteiger partial charge >= 0.3 is 5.97 Å². The number of Topliss-reactive ketones (excluding diaryl/α,β-unsaturated/α-hetero) is 1. The maximum atomic E-state index is 14.1. The van der Waals surface area contributed by atoms with Gasteiger partial charge in [-0.25, -0.2) is 9.18 Å². The molecule has 2 saturated heterocycles. The van der Waals surface area contributed by atoms with Crippen molar-refractivity contribution in [3.05, 3.63) is 35.3 Å². The van der Waals surface area contributed by atoms with Gasteiger partial charge in [0.25, 0.3) is 0 Å². The Morgan fingerprint density at radius 2 is 2.13 bits per heavy atom. The van der Waals surface area contributed by atoms with Gasteiger partial charge in [-0.15, -0.1) is 0 Å². The Balaban J connectivity index is 1.72. The Morgan fingerprint density at radius 1 is 1.35 bits per heavy atom. The van der Waals surface area contributed by atoms with E-state index in [1.807, 2.05) is 0 Å². The normalized spacial score (nSPS) is 30.0. The number of carbonyl (C=O) groups is 2. The molecule has 3 aliphatic rings. The number of hydrogen-bond donors (Lipinski definition) is 1. The summed E-state index contributed by atoms with van der Waals surface area (Å²) in [4.78, 5) is 28.5. The lowest BCUT2D eigenvalue weighted by Gasteiger charge is -2.45. The number of esters is 1. The number of carbonyl (C=O) groups excluding carboxylic acids is 2. The third-order valence-electron chi connectivity index (χ3n) is 7.18. The molecular formula is C23H29FN2O5. The van der Waals surface area contributed by atoms with Gasteiger partial charge in [-0.05, 0) is 30.7 Å². The van der Waals surface area contributed by atoms with Crippen molar-refractivity contribution in [2.75, 3.05) is 39.7 Å². The Labute approximate surface area is 181 Å². The fraction of sp³-hybridized carbons (Fsp3) is 0.565. The quantitative estimate of drug-likeness (QED) is 0.435. The molecule has 0 amide bonds. The molecule has 0 aromatic heterocycles. The fourth-order valence-electron chi connectivity index (χ4n) is 5.72. The highest BCUT2D eigenvalue weighted by molar-refractivity contribution is 6.16. The molecule has 1 aromatic carbocycles. The summed E-state index contributed by atoms with van der Waals surface area (Å²) < 4.78 is 29.6. The first-order chi connectivity index (χ1) is 14.9. The molecule has 1 spiro atoms. The average molecular weight is 432 g/mol. The zero-order valence-corrected chi connectivity index (χ0v) is 18.4. The van der Waals surface area contributed by atoms with Crippen LogP contribution in [0.15, 0.2) is 24.0 Å². The zero-order valence-electron chi connectivity index (χ0n) is 18.4. The van der Waals surface area contributed by atoms with E-state index in [0.29, 0.717) is 29.7 Å². The second-order valence-electron chi connectivity index (χ2n) is 8.53. The maximum Gasteiger partial charge on any atom is 0.337 e. The van der Waals surface area contributed by atoms with E-state index in [9.17, 15) is 14.0 Å². The van der Waals surface area contributed by atoms with Crippen LogP contribution in [0.4, 0.5) is 10.1 Å². The summed E-state index contributed by atoms with van der Waals surface area (Å²) in [5.41, 5.74) is 0.499. The van der Waals surface area contributed by atoms with Crippen molar-refractivity contribution in [3.8, 4) is 5.75 Å². The van der Waals surface area contributed by atoms with Gasteiger partial charge in [0.05, 0.1) is 44.4 Å². The smallest absolute Gasteiger partial charge is 0.337 e. The standard InChI is InChI=1S/C23H29FN2O5/c1-5-13-11-26-7-6-23(19(26)10-15(13)16(12-29-2)22(28)31-4)21(27)20-17(25-23)8-14(24)9-18(20)30-3/h8-9,12-13,15,19,25H,5-7,10-11H2,1-4H3/b16-12+/t13?,15?,19?,23-/m0/s1. The van der Waals surface area contributed by atoms with Crippen molar-refractivity contribution in [3.63, 3.8) is 0 Å². The first-order valence-corrected chi connectivity index (χ1v) is 10.7. The summed E-state index contributed by atoms with van der Waals surface area (Å²) in [5.74, 6) is -0.565. The van der Waals surface area contributed by atoms with Crippen molar-refractivity contribution in [2.24, 2.45) is 11.8 Å². The van der Waals surface area contributed by atoms with Gasteiger partial charge in [0, 0.05) is 25.2 Å². The highest BCUT2D eigenvalue weighted by atomic mass is 19.1. The predicted molar refractivity (Wildman–Crippen MR) is 113 cm³/mol. The Bertz CT molecular complexity index is 933. The number of rotatable bonds is 5. The number of nitrogens with one attached hydrogen (secondary N) is 1. The molecule has 1 N–H and O–H groups in total. The molecule has 0 saturated carbocycles. The summed E-state index contributed by atoms with van der Waals surface area (Å²) in [6.45, 7) is 3.63. The lowest BCUT2D eigenvalue weighted by Crippen LogP contribution is -2.57. The molecule has 0 aliphatic carbocycles. The van der Waals surface area contributed by atoms with Gasteiger partial charge in [0.2, 0.25) is 0 Å². The highest BCUT2D eigenvalue weighted by Crippen LogP contribution is 2.50. The van der Waals surface area contributed by atoms with Crippen molar-refractivity contribution >= 4 is 17.4 Å². The van der Waals surface area contributed by atoms with E-state index in [-0.39, 0.29) is 29.4 Å². The second kappa shape index (κ2) is 8.15. The first-order valence-electron chi connectivity index (χ1n) is 10.7. The Kier molecular flexibility index (Phi) is 5.68. The summed E-state index contributed by atoms with van der Waals surface area (Å²) in [5, 5.41) is 3.36. The third kappa shape index (κ3) is 3.28. The van der Waals surface area contributed by atoms with Crippen LogP contribution < -0.4 is 10.1 Å². The number of anilines is 1. The summed E-state index contributed by atoms with van der Waals surface area (Å²) in [7, 11) is 4.31. The summed E-state index contributed by atoms with van der Waals surface area (Å²) in [6.07, 6.45) is 3.56. The lowest BCUT2D eigenvalue weighted by molar-refractivity contribution is -0.137. The Morgan fingerprint density at radius 3 is 2.77 bits per heavy atom. The molecule has 8 heteroatoms. The van der Waals surface area contributed by atoms with Gasteiger partial charge in [0.15, 0.2) is 5.78 Å². The van der Waals surface area contributed by atoms with Crippen LogP contribution in [0.25, 0.3) is 0 Å². The minimum absolute atomic E-state index is 0.0733. The van der Waals surface area contributed by atoms with Crippen LogP contribution in [0, 0.1) is 17.7 Å². The van der Waals surface area contributed by atoms with E-state index in [1.54, 1.807) is 0 Å². The summed E-state index contributed by atoms with van der Waals surface area (Å²) in [6, 6.07) is 2.46. The molecule has 168 valence electrons. The van der Waals surface area contributed by atoms with Crippen LogP contribution >= 0.6 is 0 Å². The third-order valence-corrected chi connectivity index (χ3v) is 7.18. The van der Waals surface area contributed by atoms with Gasteiger partial charge in [-0.1, -0.05) is 13.3 Å². The first kappa shape index (κ1) is 21.6. The van der Waals surface area contributed by atoms with E-state index in [4.69, 9.17) is 14.2 Å². The number of nitrogens with zero attached hydrogens (tertiary/aromatic N) is 1. The highest BCUT2D eigenvalue weighted by Gasteiger charge is 2.60. The number of halogens is 1. The van der Waals surface area contributed by atoms with E-state index >= 15 is 0 Å². The molecule has 0 radical (unpaired) electrons. The van der Waals surface area contributed by atoms with Crippen molar-refractivity contribution in [1.29, 1.82) is 0 Å². The topological polar surface area (TPSA) is 77.1 Å². The zero-order chi connectivity index (χ0) is 22.3. The lowest BCUT2D eigenvalue weighted by atomic mass is 9.72. The van der Waals surface area contributed by atoms with Gasteiger partial charge in [0.1, 0.15) is 17.1 Å². The largest absolute Gasteiger partial charge is 0.504 e. The SMILES string of the molecule is CCC1CN2CC[C@]3(Nc4cc(F)cc(OC)c4C3=O)C2CC1/C(=C\OC)C(=O)OC. The second-order valence-corrected chi connectivity index (χ2v) is 8.53. The molecule has 31 heavy (non-hydrogen) atoms. The summed E-state index contributed by atoms with van der Waals surface area (Å²) >= 11 is 0. The van der Waals surface area contributed by atoms with Crippen molar-refractivity contribution < 1.29 is 28.2 Å². The van der Waals surface area contributed by atoms with E-state index in [0.717, 1.165) is 19.5 Å². The van der Waals surface area contributed by atoms with Crippen LogP contribution in [0.3, 0.4) is 0 Å². The van der Waals surface area contributed by atoms with Crippen LogP contribution in [0.2, 0.25) is 0 Å². The predicted octanol–water partition coefficient (Wildman–Crippen LogP) is 3.01. The maximum absolute atomic E-state index is 14.1. The molecule has 3 aliphatic heterocycles. The fourth-order valence-corrected chi connectivity index (χ4v) is 5.72. The van der Waals surface area contributed by atoms with Crippen LogP contribution in [-0.4, -0.2) is 62.7 Å². The number of ketones is 1. The number of methoxy groups -OCH3 is 3. The van der Waals surface area contributed by atoms with Gasteiger partial charge < -0.3 is 19.5 Å². The van der Waals surface area contributed by atoms with E-state index in [2.05, 4.69) is 17.1 Å². The number of piperidine rings is 1. The van der Waals surface area contributed by atoms with Crippen LogP contribution in [0.1, 0.15) is 36.5 Å². The minimum Gasteiger partial charge on any atom is -0.504 e. The molecule has 7 nitrogen and oxygen atoms in total. The minimum atomic E-state index is -0.866. The van der Waals surface area contributed by atoms with Crippen LogP contribution in [0.5, 0.6) is 5.75 Å².